The van der Waals surface area contributed by atoms with Crippen molar-refractivity contribution in [2.75, 3.05) is 13.1 Å². The predicted molar refractivity (Wildman–Crippen MR) is 97.7 cm³/mol. The summed E-state index contributed by atoms with van der Waals surface area (Å²) in [6.07, 6.45) is 5.35. The largest absolute Gasteiger partial charge is 0.334 e. The van der Waals surface area contributed by atoms with E-state index >= 15 is 0 Å². The van der Waals surface area contributed by atoms with Gasteiger partial charge < -0.3 is 4.90 Å². The van der Waals surface area contributed by atoms with Crippen molar-refractivity contribution in [2.45, 2.75) is 6.42 Å². The summed E-state index contributed by atoms with van der Waals surface area (Å²) in [6.45, 7) is 4.59. The molecule has 0 atom stereocenters. The third kappa shape index (κ3) is 3.66. The molecule has 5 heteroatoms. The summed E-state index contributed by atoms with van der Waals surface area (Å²) in [4.78, 5) is 31.3. The Hall–Kier alpha value is -3.21. The topological polar surface area (TPSA) is 54.7 Å². The molecule has 0 bridgehead atoms. The highest BCUT2D eigenvalue weighted by molar-refractivity contribution is 5.93. The normalized spacial score (nSPS) is 10.6. The minimum absolute atomic E-state index is 0.0682. The van der Waals surface area contributed by atoms with E-state index in [1.54, 1.807) is 35.4 Å². The molecule has 0 N–H and O–H groups in total. The SMILES string of the molecule is C=CCN(CCc1ccccc1)C(=O)c1cnc2ccccn2c1=O. The summed E-state index contributed by atoms with van der Waals surface area (Å²) in [7, 11) is 0. The van der Waals surface area contributed by atoms with Gasteiger partial charge in [0.25, 0.3) is 11.5 Å². The van der Waals surface area contributed by atoms with E-state index in [0.717, 1.165) is 5.56 Å². The Kier molecular flexibility index (Phi) is 5.04. The summed E-state index contributed by atoms with van der Waals surface area (Å²) in [5.41, 5.74) is 1.37. The van der Waals surface area contributed by atoms with Gasteiger partial charge in [0.05, 0.1) is 0 Å². The first kappa shape index (κ1) is 16.6. The molecule has 0 saturated heterocycles. The maximum absolute atomic E-state index is 12.8. The molecule has 0 fully saturated rings. The summed E-state index contributed by atoms with van der Waals surface area (Å²) >= 11 is 0. The predicted octanol–water partition coefficient (Wildman–Crippen LogP) is 2.57. The molecule has 0 saturated carbocycles. The van der Waals surface area contributed by atoms with Crippen LogP contribution in [0.1, 0.15) is 15.9 Å². The molecule has 1 amide bonds. The second kappa shape index (κ2) is 7.57. The molecule has 5 nitrogen and oxygen atoms in total. The Balaban J connectivity index is 1.86. The van der Waals surface area contributed by atoms with E-state index in [1.807, 2.05) is 30.3 Å². The standard InChI is InChI=1S/C20H19N3O2/c1-2-12-22(14-11-16-8-4-3-5-9-16)19(24)17-15-21-18-10-6-7-13-23(18)20(17)25/h2-10,13,15H,1,11-12,14H2. The molecule has 0 unspecified atom stereocenters. The van der Waals surface area contributed by atoms with Crippen LogP contribution in [0.3, 0.4) is 0 Å². The Morgan fingerprint density at radius 3 is 2.68 bits per heavy atom. The molecule has 0 aliphatic carbocycles. The van der Waals surface area contributed by atoms with Crippen LogP contribution in [0.15, 0.2) is 78.4 Å². The number of fused-ring (bicyclic) bond motifs is 1. The fourth-order valence-corrected chi connectivity index (χ4v) is 2.68. The number of benzene rings is 1. The Labute approximate surface area is 145 Å². The number of carbonyl (C=O) groups excluding carboxylic acids is 1. The molecule has 1 aromatic carbocycles. The fraction of sp³-hybridized carbons (Fsp3) is 0.150. The van der Waals surface area contributed by atoms with Crippen LogP contribution in [-0.4, -0.2) is 33.3 Å². The molecular weight excluding hydrogens is 314 g/mol. The molecule has 0 aliphatic rings. The summed E-state index contributed by atoms with van der Waals surface area (Å²) in [6, 6.07) is 15.2. The molecule has 3 rings (SSSR count). The number of hydrogen-bond acceptors (Lipinski definition) is 3. The van der Waals surface area contributed by atoms with Crippen molar-refractivity contribution in [1.29, 1.82) is 0 Å². The first-order valence-corrected chi connectivity index (χ1v) is 8.11. The van der Waals surface area contributed by atoms with Crippen LogP contribution in [0.25, 0.3) is 5.65 Å². The first-order valence-electron chi connectivity index (χ1n) is 8.11. The van der Waals surface area contributed by atoms with Crippen LogP contribution in [0.4, 0.5) is 0 Å². The molecule has 2 heterocycles. The molecular formula is C20H19N3O2. The fourth-order valence-electron chi connectivity index (χ4n) is 2.68. The molecule has 2 aromatic heterocycles. The third-order valence-electron chi connectivity index (χ3n) is 3.99. The monoisotopic (exact) mass is 333 g/mol. The van der Waals surface area contributed by atoms with Crippen LogP contribution in [0.2, 0.25) is 0 Å². The van der Waals surface area contributed by atoms with Crippen molar-refractivity contribution in [1.82, 2.24) is 14.3 Å². The average molecular weight is 333 g/mol. The third-order valence-corrected chi connectivity index (χ3v) is 3.99. The second-order valence-electron chi connectivity index (χ2n) is 5.68. The Morgan fingerprint density at radius 1 is 1.16 bits per heavy atom. The van der Waals surface area contributed by atoms with E-state index in [1.165, 1.54) is 10.6 Å². The van der Waals surface area contributed by atoms with Crippen LogP contribution < -0.4 is 5.56 Å². The molecule has 0 aliphatic heterocycles. The van der Waals surface area contributed by atoms with Gasteiger partial charge in [0, 0.05) is 25.5 Å². The Bertz CT molecular complexity index is 948. The van der Waals surface area contributed by atoms with Gasteiger partial charge in [0.15, 0.2) is 0 Å². The number of pyridine rings is 1. The van der Waals surface area contributed by atoms with E-state index in [4.69, 9.17) is 0 Å². The van der Waals surface area contributed by atoms with Crippen molar-refractivity contribution in [3.8, 4) is 0 Å². The molecule has 25 heavy (non-hydrogen) atoms. The minimum Gasteiger partial charge on any atom is -0.334 e. The van der Waals surface area contributed by atoms with Crippen molar-refractivity contribution in [3.63, 3.8) is 0 Å². The zero-order valence-corrected chi connectivity index (χ0v) is 13.8. The van der Waals surface area contributed by atoms with Crippen molar-refractivity contribution >= 4 is 11.6 Å². The van der Waals surface area contributed by atoms with Crippen LogP contribution in [-0.2, 0) is 6.42 Å². The lowest BCUT2D eigenvalue weighted by atomic mass is 10.1. The first-order chi connectivity index (χ1) is 12.2. The second-order valence-corrected chi connectivity index (χ2v) is 5.68. The highest BCUT2D eigenvalue weighted by Crippen LogP contribution is 2.06. The van der Waals surface area contributed by atoms with Gasteiger partial charge in [-0.1, -0.05) is 42.5 Å². The van der Waals surface area contributed by atoms with Crippen LogP contribution >= 0.6 is 0 Å². The molecule has 3 aromatic rings. The lowest BCUT2D eigenvalue weighted by Crippen LogP contribution is -2.37. The maximum Gasteiger partial charge on any atom is 0.270 e. The Morgan fingerprint density at radius 2 is 1.92 bits per heavy atom. The number of nitrogens with zero attached hydrogens (tertiary/aromatic N) is 3. The zero-order chi connectivity index (χ0) is 17.6. The lowest BCUT2D eigenvalue weighted by molar-refractivity contribution is 0.0773. The highest BCUT2D eigenvalue weighted by atomic mass is 16.2. The quantitative estimate of drug-likeness (QED) is 0.652. The molecule has 0 radical (unpaired) electrons. The minimum atomic E-state index is -0.357. The number of rotatable bonds is 6. The van der Waals surface area contributed by atoms with Gasteiger partial charge in [-0.3, -0.25) is 14.0 Å². The van der Waals surface area contributed by atoms with Crippen molar-refractivity contribution < 1.29 is 4.79 Å². The van der Waals surface area contributed by atoms with E-state index in [-0.39, 0.29) is 17.0 Å². The average Bonchev–Trinajstić information content (AvgIpc) is 2.66. The van der Waals surface area contributed by atoms with Gasteiger partial charge in [0.1, 0.15) is 11.2 Å². The maximum atomic E-state index is 12.8. The van der Waals surface area contributed by atoms with Gasteiger partial charge in [-0.05, 0) is 24.1 Å². The van der Waals surface area contributed by atoms with Gasteiger partial charge in [0.2, 0.25) is 0 Å². The number of aromatic nitrogens is 2. The smallest absolute Gasteiger partial charge is 0.270 e. The highest BCUT2D eigenvalue weighted by Gasteiger charge is 2.19. The van der Waals surface area contributed by atoms with Crippen LogP contribution in [0, 0.1) is 0 Å². The van der Waals surface area contributed by atoms with Crippen LogP contribution in [0.5, 0.6) is 0 Å². The number of hydrogen-bond donors (Lipinski definition) is 0. The summed E-state index contributed by atoms with van der Waals surface area (Å²) in [5.74, 6) is -0.327. The van der Waals surface area contributed by atoms with E-state index in [0.29, 0.717) is 25.2 Å². The summed E-state index contributed by atoms with van der Waals surface area (Å²) in [5, 5.41) is 0. The number of amides is 1. The molecule has 126 valence electrons. The number of carbonyl (C=O) groups is 1. The van der Waals surface area contributed by atoms with E-state index in [2.05, 4.69) is 11.6 Å². The van der Waals surface area contributed by atoms with Crippen molar-refractivity contribution in [2.24, 2.45) is 0 Å². The lowest BCUT2D eigenvalue weighted by Gasteiger charge is -2.21. The van der Waals surface area contributed by atoms with Gasteiger partial charge >= 0.3 is 0 Å². The zero-order valence-electron chi connectivity index (χ0n) is 13.8. The van der Waals surface area contributed by atoms with Gasteiger partial charge in [-0.25, -0.2) is 4.98 Å². The van der Waals surface area contributed by atoms with Crippen molar-refractivity contribution in [3.05, 3.63) is 95.1 Å². The van der Waals surface area contributed by atoms with E-state index in [9.17, 15) is 9.59 Å². The van der Waals surface area contributed by atoms with E-state index < -0.39 is 0 Å². The van der Waals surface area contributed by atoms with Gasteiger partial charge in [-0.15, -0.1) is 6.58 Å². The molecule has 0 spiro atoms. The van der Waals surface area contributed by atoms with Gasteiger partial charge in [-0.2, -0.15) is 0 Å². The summed E-state index contributed by atoms with van der Waals surface area (Å²) < 4.78 is 1.39.